The summed E-state index contributed by atoms with van der Waals surface area (Å²) in [6, 6.07) is 4.37. The Labute approximate surface area is 105 Å². The lowest BCUT2D eigenvalue weighted by Crippen LogP contribution is -2.51. The molecule has 1 aromatic carbocycles. The summed E-state index contributed by atoms with van der Waals surface area (Å²) >= 11 is 0. The zero-order chi connectivity index (χ0) is 12.5. The van der Waals surface area contributed by atoms with Crippen molar-refractivity contribution < 1.29 is 13.5 Å². The minimum absolute atomic E-state index is 0.0720. The fraction of sp³-hybridized carbons (Fsp3) is 0.571. The molecule has 2 unspecified atom stereocenters. The maximum Gasteiger partial charge on any atom is 0.129 e. The van der Waals surface area contributed by atoms with Gasteiger partial charge in [-0.15, -0.1) is 0 Å². The van der Waals surface area contributed by atoms with Gasteiger partial charge in [0.15, 0.2) is 0 Å². The average Bonchev–Trinajstić information content (AvgIpc) is 2.26. The van der Waals surface area contributed by atoms with Crippen LogP contribution in [0.4, 0.5) is 8.78 Å². The van der Waals surface area contributed by atoms with Gasteiger partial charge in [0.2, 0.25) is 0 Å². The van der Waals surface area contributed by atoms with Crippen LogP contribution in [0.2, 0.25) is 0 Å². The van der Waals surface area contributed by atoms with E-state index in [1.807, 2.05) is 0 Å². The van der Waals surface area contributed by atoms with Crippen LogP contribution in [0.5, 0.6) is 5.75 Å². The monoisotopic (exact) mass is 253 g/mol. The van der Waals surface area contributed by atoms with E-state index in [1.165, 1.54) is 31.4 Å². The molecule has 0 saturated carbocycles. The van der Waals surface area contributed by atoms with E-state index < -0.39 is 11.6 Å². The molecular weight excluding hydrogens is 236 g/mol. The van der Waals surface area contributed by atoms with Crippen molar-refractivity contribution in [3.05, 3.63) is 29.8 Å². The van der Waals surface area contributed by atoms with Crippen LogP contribution in [0.1, 0.15) is 32.1 Å². The second-order valence-electron chi connectivity index (χ2n) is 5.31. The summed E-state index contributed by atoms with van der Waals surface area (Å²) in [5.41, 5.74) is 0. The van der Waals surface area contributed by atoms with Crippen molar-refractivity contribution in [3.8, 4) is 5.75 Å². The lowest BCUT2D eigenvalue weighted by molar-refractivity contribution is 0.0922. The van der Waals surface area contributed by atoms with E-state index in [4.69, 9.17) is 4.74 Å². The number of fused-ring (bicyclic) bond motifs is 2. The smallest absolute Gasteiger partial charge is 0.129 e. The third kappa shape index (κ3) is 2.64. The van der Waals surface area contributed by atoms with Gasteiger partial charge < -0.3 is 10.1 Å². The Morgan fingerprint density at radius 2 is 1.61 bits per heavy atom. The van der Waals surface area contributed by atoms with Crippen molar-refractivity contribution in [2.24, 2.45) is 0 Å². The Bertz CT molecular complexity index is 406. The Morgan fingerprint density at radius 1 is 1.00 bits per heavy atom. The molecule has 2 atom stereocenters. The Hall–Kier alpha value is -1.16. The number of benzene rings is 1. The van der Waals surface area contributed by atoms with Gasteiger partial charge in [0.05, 0.1) is 0 Å². The first-order valence-corrected chi connectivity index (χ1v) is 6.58. The van der Waals surface area contributed by atoms with E-state index in [9.17, 15) is 8.78 Å². The lowest BCUT2D eigenvalue weighted by Gasteiger charge is -2.40. The van der Waals surface area contributed by atoms with Crippen molar-refractivity contribution in [2.75, 3.05) is 0 Å². The van der Waals surface area contributed by atoms with E-state index in [0.29, 0.717) is 17.8 Å². The van der Waals surface area contributed by atoms with Crippen molar-refractivity contribution >= 4 is 0 Å². The molecule has 3 rings (SSSR count). The molecule has 0 aliphatic carbocycles. The summed E-state index contributed by atoms with van der Waals surface area (Å²) in [6.07, 6.45) is 5.54. The van der Waals surface area contributed by atoms with Crippen LogP contribution >= 0.6 is 0 Å². The van der Waals surface area contributed by atoms with E-state index in [-0.39, 0.29) is 6.10 Å². The fourth-order valence-corrected chi connectivity index (χ4v) is 3.10. The SMILES string of the molecule is Fc1cc(F)cc(OC2CC3CCCC(C2)N3)c1. The number of hydrogen-bond acceptors (Lipinski definition) is 2. The Morgan fingerprint density at radius 3 is 2.22 bits per heavy atom. The maximum atomic E-state index is 13.1. The zero-order valence-corrected chi connectivity index (χ0v) is 10.2. The predicted molar refractivity (Wildman–Crippen MR) is 64.6 cm³/mol. The summed E-state index contributed by atoms with van der Waals surface area (Å²) < 4.78 is 31.9. The van der Waals surface area contributed by atoms with Crippen LogP contribution in [-0.4, -0.2) is 18.2 Å². The zero-order valence-electron chi connectivity index (χ0n) is 10.2. The molecule has 2 bridgehead atoms. The summed E-state index contributed by atoms with van der Waals surface area (Å²) in [5, 5.41) is 3.56. The third-order valence-corrected chi connectivity index (χ3v) is 3.81. The molecule has 0 spiro atoms. The summed E-state index contributed by atoms with van der Waals surface area (Å²) in [5.74, 6) is -0.865. The number of nitrogens with one attached hydrogen (secondary N) is 1. The molecule has 2 nitrogen and oxygen atoms in total. The highest BCUT2D eigenvalue weighted by Gasteiger charge is 2.32. The first kappa shape index (κ1) is 11.9. The third-order valence-electron chi connectivity index (χ3n) is 3.81. The van der Waals surface area contributed by atoms with E-state index in [2.05, 4.69) is 5.32 Å². The highest BCUT2D eigenvalue weighted by molar-refractivity contribution is 5.24. The van der Waals surface area contributed by atoms with Crippen molar-refractivity contribution in [3.63, 3.8) is 0 Å². The van der Waals surface area contributed by atoms with Gasteiger partial charge in [0, 0.05) is 30.3 Å². The van der Waals surface area contributed by atoms with Gasteiger partial charge in [-0.05, 0) is 25.7 Å². The van der Waals surface area contributed by atoms with Gasteiger partial charge in [0.25, 0.3) is 0 Å². The molecule has 1 aromatic rings. The van der Waals surface area contributed by atoms with E-state index in [0.717, 1.165) is 18.9 Å². The molecule has 0 radical (unpaired) electrons. The number of halogens is 2. The number of piperidine rings is 2. The van der Waals surface area contributed by atoms with Gasteiger partial charge in [-0.1, -0.05) is 6.42 Å². The largest absolute Gasteiger partial charge is 0.490 e. The van der Waals surface area contributed by atoms with Crippen molar-refractivity contribution in [1.82, 2.24) is 5.32 Å². The normalized spacial score (nSPS) is 31.1. The minimum Gasteiger partial charge on any atom is -0.490 e. The number of ether oxygens (including phenoxy) is 1. The number of rotatable bonds is 2. The standard InChI is InChI=1S/C14H17F2NO/c15-9-4-10(16)6-13(5-9)18-14-7-11-2-1-3-12(8-14)17-11/h4-6,11-12,14,17H,1-3,7-8H2. The molecule has 2 aliphatic rings. The van der Waals surface area contributed by atoms with Crippen LogP contribution in [-0.2, 0) is 0 Å². The molecular formula is C14H17F2NO. The molecule has 2 saturated heterocycles. The van der Waals surface area contributed by atoms with Gasteiger partial charge in [-0.2, -0.15) is 0 Å². The molecule has 1 N–H and O–H groups in total. The van der Waals surface area contributed by atoms with Crippen LogP contribution in [0.3, 0.4) is 0 Å². The Balaban J connectivity index is 1.68. The molecule has 18 heavy (non-hydrogen) atoms. The first-order chi connectivity index (χ1) is 8.69. The van der Waals surface area contributed by atoms with Crippen LogP contribution in [0.15, 0.2) is 18.2 Å². The maximum absolute atomic E-state index is 13.1. The molecule has 2 heterocycles. The minimum atomic E-state index is -0.584. The summed E-state index contributed by atoms with van der Waals surface area (Å²) in [4.78, 5) is 0. The van der Waals surface area contributed by atoms with Gasteiger partial charge in [0.1, 0.15) is 23.5 Å². The summed E-state index contributed by atoms with van der Waals surface area (Å²) in [7, 11) is 0. The van der Waals surface area contributed by atoms with Gasteiger partial charge in [-0.25, -0.2) is 8.78 Å². The Kier molecular flexibility index (Phi) is 3.20. The predicted octanol–water partition coefficient (Wildman–Crippen LogP) is 3.02. The van der Waals surface area contributed by atoms with Gasteiger partial charge in [-0.3, -0.25) is 0 Å². The molecule has 2 fully saturated rings. The summed E-state index contributed by atoms with van der Waals surface area (Å²) in [6.45, 7) is 0. The van der Waals surface area contributed by atoms with Crippen LogP contribution < -0.4 is 10.1 Å². The molecule has 0 amide bonds. The van der Waals surface area contributed by atoms with Crippen molar-refractivity contribution in [1.29, 1.82) is 0 Å². The molecule has 98 valence electrons. The second kappa shape index (κ2) is 4.84. The van der Waals surface area contributed by atoms with Crippen LogP contribution in [0.25, 0.3) is 0 Å². The topological polar surface area (TPSA) is 21.3 Å². The number of hydrogen-bond donors (Lipinski definition) is 1. The average molecular weight is 253 g/mol. The lowest BCUT2D eigenvalue weighted by atomic mass is 9.85. The van der Waals surface area contributed by atoms with Crippen LogP contribution in [0, 0.1) is 11.6 Å². The van der Waals surface area contributed by atoms with Gasteiger partial charge >= 0.3 is 0 Å². The quantitative estimate of drug-likeness (QED) is 0.874. The molecule has 4 heteroatoms. The van der Waals surface area contributed by atoms with E-state index >= 15 is 0 Å². The van der Waals surface area contributed by atoms with Crippen molar-refractivity contribution in [2.45, 2.75) is 50.3 Å². The fourth-order valence-electron chi connectivity index (χ4n) is 3.10. The second-order valence-corrected chi connectivity index (χ2v) is 5.31. The molecule has 2 aliphatic heterocycles. The molecule has 0 aromatic heterocycles. The van der Waals surface area contributed by atoms with E-state index in [1.54, 1.807) is 0 Å². The highest BCUT2D eigenvalue weighted by Crippen LogP contribution is 2.29. The highest BCUT2D eigenvalue weighted by atomic mass is 19.1. The first-order valence-electron chi connectivity index (χ1n) is 6.58.